The molecule has 0 heterocycles. The highest BCUT2D eigenvalue weighted by Gasteiger charge is 2.00. The molecule has 0 aliphatic carbocycles. The first-order chi connectivity index (χ1) is 10.8. The first-order valence-electron chi connectivity index (χ1n) is 7.29. The maximum absolute atomic E-state index is 5.87. The zero-order valence-corrected chi connectivity index (χ0v) is 13.0. The summed E-state index contributed by atoms with van der Waals surface area (Å²) in [5, 5.41) is 0. The van der Waals surface area contributed by atoms with E-state index in [1.807, 2.05) is 42.5 Å². The summed E-state index contributed by atoms with van der Waals surface area (Å²) < 4.78 is 5.87. The minimum Gasteiger partial charge on any atom is -0.457 e. The first kappa shape index (κ1) is 14.7. The lowest BCUT2D eigenvalue weighted by atomic mass is 10.1. The zero-order chi connectivity index (χ0) is 15.2. The molecule has 0 saturated heterocycles. The lowest BCUT2D eigenvalue weighted by Crippen LogP contribution is -1.89. The van der Waals surface area contributed by atoms with Gasteiger partial charge in [-0.25, -0.2) is 0 Å². The van der Waals surface area contributed by atoms with E-state index < -0.39 is 0 Å². The van der Waals surface area contributed by atoms with Gasteiger partial charge in [-0.15, -0.1) is 11.6 Å². The Morgan fingerprint density at radius 2 is 1.32 bits per heavy atom. The molecule has 0 aliphatic heterocycles. The van der Waals surface area contributed by atoms with Gasteiger partial charge in [-0.1, -0.05) is 54.6 Å². The molecular weight excluding hydrogens is 292 g/mol. The van der Waals surface area contributed by atoms with Gasteiger partial charge >= 0.3 is 0 Å². The molecule has 0 N–H and O–H groups in total. The van der Waals surface area contributed by atoms with Crippen molar-refractivity contribution < 1.29 is 4.74 Å². The monoisotopic (exact) mass is 308 g/mol. The molecule has 0 unspecified atom stereocenters. The summed E-state index contributed by atoms with van der Waals surface area (Å²) >= 11 is 5.84. The second-order valence-corrected chi connectivity index (χ2v) is 5.46. The Labute approximate surface area is 136 Å². The van der Waals surface area contributed by atoms with Crippen LogP contribution in [0.15, 0.2) is 78.9 Å². The highest BCUT2D eigenvalue weighted by molar-refractivity contribution is 6.17. The molecule has 0 atom stereocenters. The van der Waals surface area contributed by atoms with Crippen LogP contribution in [-0.4, -0.2) is 0 Å². The average molecular weight is 309 g/mol. The van der Waals surface area contributed by atoms with Crippen molar-refractivity contribution in [2.45, 2.75) is 12.3 Å². The van der Waals surface area contributed by atoms with Gasteiger partial charge in [-0.2, -0.15) is 0 Å². The van der Waals surface area contributed by atoms with E-state index in [-0.39, 0.29) is 0 Å². The molecule has 0 bridgehead atoms. The fourth-order valence-corrected chi connectivity index (χ4v) is 2.50. The van der Waals surface area contributed by atoms with E-state index in [9.17, 15) is 0 Å². The normalized spacial score (nSPS) is 10.4. The molecule has 0 saturated carbocycles. The van der Waals surface area contributed by atoms with Crippen LogP contribution in [0.25, 0.3) is 0 Å². The van der Waals surface area contributed by atoms with Gasteiger partial charge in [-0.05, 0) is 47.4 Å². The van der Waals surface area contributed by atoms with Gasteiger partial charge in [0.15, 0.2) is 0 Å². The molecule has 0 aliphatic rings. The summed E-state index contributed by atoms with van der Waals surface area (Å²) in [6, 6.07) is 26.5. The van der Waals surface area contributed by atoms with Crippen molar-refractivity contribution in [2.24, 2.45) is 0 Å². The number of alkyl halides is 1. The number of halogens is 1. The molecule has 0 spiro atoms. The van der Waals surface area contributed by atoms with Crippen LogP contribution in [0.5, 0.6) is 11.5 Å². The fourth-order valence-electron chi connectivity index (χ4n) is 2.34. The van der Waals surface area contributed by atoms with Gasteiger partial charge in [0.1, 0.15) is 11.5 Å². The molecular formula is C20H17ClO. The number of rotatable bonds is 5. The van der Waals surface area contributed by atoms with Crippen molar-refractivity contribution in [2.75, 3.05) is 0 Å². The van der Waals surface area contributed by atoms with Crippen LogP contribution >= 0.6 is 11.6 Å². The third kappa shape index (κ3) is 3.90. The molecule has 3 rings (SSSR count). The third-order valence-electron chi connectivity index (χ3n) is 3.46. The van der Waals surface area contributed by atoms with Crippen molar-refractivity contribution in [1.82, 2.24) is 0 Å². The van der Waals surface area contributed by atoms with E-state index in [1.165, 1.54) is 11.1 Å². The third-order valence-corrected chi connectivity index (χ3v) is 3.77. The van der Waals surface area contributed by atoms with Crippen LogP contribution in [0.3, 0.4) is 0 Å². The summed E-state index contributed by atoms with van der Waals surface area (Å²) in [5.41, 5.74) is 3.64. The van der Waals surface area contributed by atoms with Crippen LogP contribution in [0.4, 0.5) is 0 Å². The fraction of sp³-hybridized carbons (Fsp3) is 0.100. The van der Waals surface area contributed by atoms with E-state index in [2.05, 4.69) is 36.4 Å². The molecule has 1 nitrogen and oxygen atoms in total. The topological polar surface area (TPSA) is 9.23 Å². The number of ether oxygens (including phenoxy) is 1. The van der Waals surface area contributed by atoms with Crippen LogP contribution in [-0.2, 0) is 12.3 Å². The SMILES string of the molecule is ClCc1cccc(Oc2ccc(Cc3ccccc3)cc2)c1. The standard InChI is InChI=1S/C20H17ClO/c21-15-18-7-4-8-20(14-18)22-19-11-9-17(10-12-19)13-16-5-2-1-3-6-16/h1-12,14H,13,15H2. The molecule has 3 aromatic carbocycles. The Bertz CT molecular complexity index is 720. The molecule has 0 amide bonds. The Hall–Kier alpha value is -2.25. The minimum atomic E-state index is 0.493. The summed E-state index contributed by atoms with van der Waals surface area (Å²) in [6.07, 6.45) is 0.933. The highest BCUT2D eigenvalue weighted by atomic mass is 35.5. The minimum absolute atomic E-state index is 0.493. The zero-order valence-electron chi connectivity index (χ0n) is 12.2. The largest absolute Gasteiger partial charge is 0.457 e. The smallest absolute Gasteiger partial charge is 0.127 e. The summed E-state index contributed by atoms with van der Waals surface area (Å²) in [4.78, 5) is 0. The molecule has 0 radical (unpaired) electrons. The van der Waals surface area contributed by atoms with E-state index in [1.54, 1.807) is 0 Å². The van der Waals surface area contributed by atoms with E-state index in [0.29, 0.717) is 5.88 Å². The van der Waals surface area contributed by atoms with Crippen molar-refractivity contribution in [3.8, 4) is 11.5 Å². The summed E-state index contributed by atoms with van der Waals surface area (Å²) in [5.74, 6) is 2.14. The van der Waals surface area contributed by atoms with Crippen molar-refractivity contribution >= 4 is 11.6 Å². The average Bonchev–Trinajstić information content (AvgIpc) is 2.58. The highest BCUT2D eigenvalue weighted by Crippen LogP contribution is 2.23. The molecule has 2 heteroatoms. The molecule has 0 aromatic heterocycles. The second kappa shape index (κ2) is 7.15. The molecule has 22 heavy (non-hydrogen) atoms. The molecule has 3 aromatic rings. The van der Waals surface area contributed by atoms with Gasteiger partial charge in [0.05, 0.1) is 0 Å². The van der Waals surface area contributed by atoms with Crippen LogP contribution in [0.1, 0.15) is 16.7 Å². The molecule has 0 fully saturated rings. The Kier molecular flexibility index (Phi) is 4.77. The maximum Gasteiger partial charge on any atom is 0.127 e. The Balaban J connectivity index is 1.68. The summed E-state index contributed by atoms with van der Waals surface area (Å²) in [6.45, 7) is 0. The van der Waals surface area contributed by atoms with Crippen LogP contribution < -0.4 is 4.74 Å². The lowest BCUT2D eigenvalue weighted by molar-refractivity contribution is 0.482. The van der Waals surface area contributed by atoms with Crippen LogP contribution in [0, 0.1) is 0 Å². The number of hydrogen-bond acceptors (Lipinski definition) is 1. The van der Waals surface area contributed by atoms with E-state index >= 15 is 0 Å². The maximum atomic E-state index is 5.87. The predicted molar refractivity (Wildman–Crippen MR) is 91.8 cm³/mol. The van der Waals surface area contributed by atoms with Gasteiger partial charge in [0.2, 0.25) is 0 Å². The van der Waals surface area contributed by atoms with E-state index in [4.69, 9.17) is 16.3 Å². The van der Waals surface area contributed by atoms with E-state index in [0.717, 1.165) is 23.5 Å². The summed E-state index contributed by atoms with van der Waals surface area (Å²) in [7, 11) is 0. The number of hydrogen-bond donors (Lipinski definition) is 0. The van der Waals surface area contributed by atoms with Crippen molar-refractivity contribution in [3.63, 3.8) is 0 Å². The van der Waals surface area contributed by atoms with Crippen molar-refractivity contribution in [1.29, 1.82) is 0 Å². The second-order valence-electron chi connectivity index (χ2n) is 5.19. The Morgan fingerprint density at radius 3 is 2.05 bits per heavy atom. The quantitative estimate of drug-likeness (QED) is 0.540. The Morgan fingerprint density at radius 1 is 0.636 bits per heavy atom. The van der Waals surface area contributed by atoms with Crippen molar-refractivity contribution in [3.05, 3.63) is 95.6 Å². The van der Waals surface area contributed by atoms with Crippen LogP contribution in [0.2, 0.25) is 0 Å². The number of benzene rings is 3. The lowest BCUT2D eigenvalue weighted by Gasteiger charge is -2.08. The van der Waals surface area contributed by atoms with Gasteiger partial charge in [0.25, 0.3) is 0 Å². The van der Waals surface area contributed by atoms with Gasteiger partial charge < -0.3 is 4.74 Å². The molecule has 110 valence electrons. The first-order valence-corrected chi connectivity index (χ1v) is 7.82. The van der Waals surface area contributed by atoms with Gasteiger partial charge in [0, 0.05) is 5.88 Å². The predicted octanol–water partition coefficient (Wildman–Crippen LogP) is 5.81. The van der Waals surface area contributed by atoms with Gasteiger partial charge in [-0.3, -0.25) is 0 Å².